The summed E-state index contributed by atoms with van der Waals surface area (Å²) in [5, 5.41) is 4.43. The van der Waals surface area contributed by atoms with Gasteiger partial charge < -0.3 is 0 Å². The number of alkyl halides is 2. The molecule has 164 valence electrons. The second-order valence-electron chi connectivity index (χ2n) is 6.44. The van der Waals surface area contributed by atoms with Crippen molar-refractivity contribution in [3.8, 4) is 5.69 Å². The molecule has 1 atom stereocenters. The van der Waals surface area contributed by atoms with Crippen LogP contribution in [0.3, 0.4) is 0 Å². The van der Waals surface area contributed by atoms with Crippen LogP contribution in [-0.2, 0) is 7.86 Å². The Morgan fingerprint density at radius 1 is 1.57 bits per heavy atom. The molecule has 1 unspecified atom stereocenters. The van der Waals surface area contributed by atoms with Crippen molar-refractivity contribution < 1.29 is 38.5 Å². The van der Waals surface area contributed by atoms with Crippen molar-refractivity contribution in [2.24, 2.45) is 9.12 Å². The number of hydrogen-bond acceptors (Lipinski definition) is 6. The van der Waals surface area contributed by atoms with E-state index in [2.05, 4.69) is 13.3 Å². The van der Waals surface area contributed by atoms with Crippen molar-refractivity contribution in [1.82, 2.24) is 14.8 Å². The van der Waals surface area contributed by atoms with Crippen molar-refractivity contribution in [3.63, 3.8) is 0 Å². The molecular formula is C18H20ClF2IN5O2S-. The standard InChI is InChI=1S/C18H20ClF2IN5O2S/c1-3-26(15-9-27(25-16(15)19)13-5-4-6-23-8-13)17(28)14(24-22-29-2)11-30-10-12-7-18(12,20)21/h4-6,8-9,12H,3,7,10-11H2,1-2H3/q-1. The van der Waals surface area contributed by atoms with E-state index in [1.165, 1.54) is 23.8 Å². The fourth-order valence-electron chi connectivity index (χ4n) is 2.67. The van der Waals surface area contributed by atoms with Gasteiger partial charge in [0.1, 0.15) is 0 Å². The van der Waals surface area contributed by atoms with Gasteiger partial charge in [-0.2, -0.15) is 0 Å². The number of rotatable bonds is 10. The molecule has 0 saturated heterocycles. The van der Waals surface area contributed by atoms with E-state index in [-0.39, 0.29) is 34.7 Å². The van der Waals surface area contributed by atoms with Gasteiger partial charge in [0.2, 0.25) is 0 Å². The maximum atomic E-state index is 13.2. The first-order valence-corrected chi connectivity index (χ1v) is 12.4. The monoisotopic (exact) mass is 570 g/mol. The summed E-state index contributed by atoms with van der Waals surface area (Å²) >= 11 is 6.59. The molecule has 1 fully saturated rings. The van der Waals surface area contributed by atoms with Gasteiger partial charge >= 0.3 is 194 Å². The molecule has 0 radical (unpaired) electrons. The first-order valence-electron chi connectivity index (χ1n) is 9.04. The second-order valence-corrected chi connectivity index (χ2v) is 9.59. The Morgan fingerprint density at radius 2 is 2.33 bits per heavy atom. The fourth-order valence-corrected chi connectivity index (χ4v) is 5.09. The van der Waals surface area contributed by atoms with E-state index in [0.29, 0.717) is 17.9 Å². The van der Waals surface area contributed by atoms with Gasteiger partial charge in [-0.25, -0.2) is 0 Å². The predicted octanol–water partition coefficient (Wildman–Crippen LogP) is 0.668. The Bertz CT molecular complexity index is 915. The van der Waals surface area contributed by atoms with E-state index in [4.69, 9.17) is 14.7 Å². The van der Waals surface area contributed by atoms with Crippen LogP contribution in [0, 0.1) is 5.92 Å². The summed E-state index contributed by atoms with van der Waals surface area (Å²) in [6.45, 7) is 2.16. The Labute approximate surface area is 193 Å². The molecule has 0 bridgehead atoms. The number of pyridine rings is 1. The quantitative estimate of drug-likeness (QED) is 0.310. The third-order valence-electron chi connectivity index (χ3n) is 4.38. The van der Waals surface area contributed by atoms with Crippen molar-refractivity contribution in [2.45, 2.75) is 19.3 Å². The van der Waals surface area contributed by atoms with Crippen molar-refractivity contribution in [1.29, 1.82) is 0 Å². The Morgan fingerprint density at radius 3 is 2.93 bits per heavy atom. The zero-order valence-electron chi connectivity index (χ0n) is 16.3. The fraction of sp³-hybridized carbons (Fsp3) is 0.444. The molecule has 2 heterocycles. The van der Waals surface area contributed by atoms with Crippen LogP contribution in [-0.4, -0.2) is 57.5 Å². The SMILES string of the molecule is CCN(C(=O)C(CSCC1CC1(F)F)=N[I-]OC)c1cn(-c2cccnc2)nc1Cl. The molecule has 0 N–H and O–H groups in total. The van der Waals surface area contributed by atoms with Crippen LogP contribution in [0.15, 0.2) is 33.9 Å². The van der Waals surface area contributed by atoms with Gasteiger partial charge in [0.05, 0.1) is 0 Å². The minimum atomic E-state index is -2.57. The summed E-state index contributed by atoms with van der Waals surface area (Å²) in [5.74, 6) is -3.00. The summed E-state index contributed by atoms with van der Waals surface area (Å²) in [4.78, 5) is 18.7. The average molecular weight is 571 g/mol. The Kier molecular flexibility index (Phi) is 8.04. The number of anilines is 1. The predicted molar refractivity (Wildman–Crippen MR) is 109 cm³/mol. The first-order chi connectivity index (χ1) is 14.4. The number of carbonyl (C=O) groups is 1. The van der Waals surface area contributed by atoms with Gasteiger partial charge in [0.25, 0.3) is 0 Å². The van der Waals surface area contributed by atoms with Crippen LogP contribution < -0.4 is 26.8 Å². The van der Waals surface area contributed by atoms with E-state index < -0.39 is 33.7 Å². The summed E-state index contributed by atoms with van der Waals surface area (Å²) in [6, 6.07) is 3.59. The van der Waals surface area contributed by atoms with Crippen molar-refractivity contribution >= 4 is 40.7 Å². The van der Waals surface area contributed by atoms with Crippen LogP contribution in [0.2, 0.25) is 5.15 Å². The molecule has 1 aliphatic rings. The van der Waals surface area contributed by atoms with Gasteiger partial charge in [-0.3, -0.25) is 0 Å². The van der Waals surface area contributed by atoms with Gasteiger partial charge in [0, 0.05) is 0 Å². The van der Waals surface area contributed by atoms with Crippen LogP contribution in [0.5, 0.6) is 0 Å². The molecule has 0 aromatic carbocycles. The summed E-state index contributed by atoms with van der Waals surface area (Å²) in [7, 11) is 1.52. The molecule has 3 rings (SSSR count). The molecular weight excluding hydrogens is 551 g/mol. The first kappa shape index (κ1) is 23.4. The minimum absolute atomic E-state index is 0.0877. The number of carbonyl (C=O) groups excluding carboxylic acids is 1. The number of amides is 1. The molecule has 12 heteroatoms. The van der Waals surface area contributed by atoms with Crippen LogP contribution >= 0.6 is 23.4 Å². The zero-order chi connectivity index (χ0) is 21.7. The van der Waals surface area contributed by atoms with E-state index in [1.807, 2.05) is 13.0 Å². The topological polar surface area (TPSA) is 72.6 Å². The number of nitrogens with zero attached hydrogens (tertiary/aromatic N) is 5. The van der Waals surface area contributed by atoms with E-state index in [9.17, 15) is 13.6 Å². The molecule has 30 heavy (non-hydrogen) atoms. The molecule has 0 aliphatic heterocycles. The Hall–Kier alpha value is -1.31. The van der Waals surface area contributed by atoms with Gasteiger partial charge in [-0.15, -0.1) is 0 Å². The molecule has 1 amide bonds. The van der Waals surface area contributed by atoms with Crippen molar-refractivity contribution in [2.75, 3.05) is 30.1 Å². The van der Waals surface area contributed by atoms with E-state index >= 15 is 0 Å². The van der Waals surface area contributed by atoms with Crippen LogP contribution in [0.1, 0.15) is 13.3 Å². The zero-order valence-corrected chi connectivity index (χ0v) is 20.0. The van der Waals surface area contributed by atoms with Crippen molar-refractivity contribution in [3.05, 3.63) is 35.9 Å². The molecule has 0 spiro atoms. The molecule has 1 aliphatic carbocycles. The van der Waals surface area contributed by atoms with Gasteiger partial charge in [-0.05, 0) is 0 Å². The summed E-state index contributed by atoms with van der Waals surface area (Å²) < 4.78 is 37.1. The number of hydrogen-bond donors (Lipinski definition) is 0. The molecule has 1 saturated carbocycles. The molecule has 2 aromatic rings. The van der Waals surface area contributed by atoms with E-state index in [1.54, 1.807) is 29.3 Å². The van der Waals surface area contributed by atoms with Crippen LogP contribution in [0.4, 0.5) is 14.5 Å². The maximum absolute atomic E-state index is 13.2. The average Bonchev–Trinajstić information content (AvgIpc) is 3.16. The second kappa shape index (κ2) is 10.3. The van der Waals surface area contributed by atoms with Gasteiger partial charge in [-0.1, -0.05) is 0 Å². The Balaban J connectivity index is 1.75. The summed E-state index contributed by atoms with van der Waals surface area (Å²) in [5.41, 5.74) is 1.43. The van der Waals surface area contributed by atoms with Crippen LogP contribution in [0.25, 0.3) is 5.69 Å². The number of thioether (sulfide) groups is 1. The molecule has 2 aromatic heterocycles. The number of halogens is 4. The third-order valence-corrected chi connectivity index (χ3v) is 6.94. The molecule has 7 nitrogen and oxygen atoms in total. The summed E-state index contributed by atoms with van der Waals surface area (Å²) in [6.07, 6.45) is 4.84. The number of aromatic nitrogens is 3. The van der Waals surface area contributed by atoms with Gasteiger partial charge in [0.15, 0.2) is 0 Å². The normalized spacial score (nSPS) is 17.9. The van der Waals surface area contributed by atoms with E-state index in [0.717, 1.165) is 0 Å². The third kappa shape index (κ3) is 5.68.